The van der Waals surface area contributed by atoms with Crippen LogP contribution in [0.4, 0.5) is 10.1 Å². The summed E-state index contributed by atoms with van der Waals surface area (Å²) in [5.41, 5.74) is 3.18. The van der Waals surface area contributed by atoms with Gasteiger partial charge in [-0.05, 0) is 127 Å². The molecule has 7 nitrogen and oxygen atoms in total. The van der Waals surface area contributed by atoms with Gasteiger partial charge in [0, 0.05) is 42.2 Å². The van der Waals surface area contributed by atoms with E-state index in [2.05, 4.69) is 38.3 Å². The summed E-state index contributed by atoms with van der Waals surface area (Å²) in [4.78, 5) is 35.1. The topological polar surface area (TPSA) is 85.2 Å². The van der Waals surface area contributed by atoms with E-state index in [1.807, 2.05) is 27.7 Å². The van der Waals surface area contributed by atoms with Gasteiger partial charge in [-0.3, -0.25) is 14.5 Å². The van der Waals surface area contributed by atoms with Crippen molar-refractivity contribution < 1.29 is 19.1 Å². The predicted octanol–water partition coefficient (Wildman–Crippen LogP) is 5.49. The third kappa shape index (κ3) is 7.09. The third-order valence-electron chi connectivity index (χ3n) is 9.21. The number of aliphatic imine (C=N–C) groups is 1. The van der Waals surface area contributed by atoms with Gasteiger partial charge in [0.25, 0.3) is 5.91 Å². The zero-order valence-electron chi connectivity index (χ0n) is 25.4. The van der Waals surface area contributed by atoms with Crippen LogP contribution in [0.5, 0.6) is 0 Å². The molecule has 1 saturated heterocycles. The van der Waals surface area contributed by atoms with Crippen LogP contribution in [0.3, 0.4) is 0 Å². The minimum atomic E-state index is -0.643. The van der Waals surface area contributed by atoms with Crippen molar-refractivity contribution in [2.45, 2.75) is 96.9 Å². The number of benzene rings is 2. The first-order chi connectivity index (χ1) is 20.0. The lowest BCUT2D eigenvalue weighted by molar-refractivity contribution is -0.126. The molecule has 3 aliphatic rings. The van der Waals surface area contributed by atoms with Crippen LogP contribution >= 0.6 is 0 Å². The van der Waals surface area contributed by atoms with Crippen LogP contribution in [0.2, 0.25) is 0 Å². The standard InChI is InChI=1S/C34H45FN4O3/c1-22(2)36-32(40)25-9-13-29(14-10-25)39-30-19-23(21-38-17-15-27(16-18-38)34(3,4)42)5-6-26(30)20-31(39)37-33(41)24-7-11-28(35)12-8-24/h5-8,11-12,19,22,25,27,29,42H,9-10,13-18,20-21H2,1-4H3,(H,36,40). The van der Waals surface area contributed by atoms with Gasteiger partial charge in [-0.1, -0.05) is 12.1 Å². The molecule has 2 N–H and O–H groups in total. The number of carbonyl (C=O) groups is 2. The molecular formula is C34H45FN4O3. The Morgan fingerprint density at radius 1 is 1.02 bits per heavy atom. The minimum Gasteiger partial charge on any atom is -0.390 e. The molecule has 2 heterocycles. The maximum atomic E-state index is 13.5. The highest BCUT2D eigenvalue weighted by atomic mass is 19.1. The zero-order valence-corrected chi connectivity index (χ0v) is 25.4. The number of carbonyl (C=O) groups excluding carboxylic acids is 2. The second-order valence-electron chi connectivity index (χ2n) is 13.2. The Morgan fingerprint density at radius 3 is 2.31 bits per heavy atom. The Morgan fingerprint density at radius 2 is 1.69 bits per heavy atom. The van der Waals surface area contributed by atoms with E-state index in [9.17, 15) is 19.1 Å². The minimum absolute atomic E-state index is 0.00474. The van der Waals surface area contributed by atoms with E-state index in [0.29, 0.717) is 17.9 Å². The number of hydrogen-bond acceptors (Lipinski definition) is 4. The fourth-order valence-corrected chi connectivity index (χ4v) is 6.81. The fourth-order valence-electron chi connectivity index (χ4n) is 6.81. The molecule has 8 heteroatoms. The summed E-state index contributed by atoms with van der Waals surface area (Å²) in [6, 6.07) is 12.4. The number of amidine groups is 1. The van der Waals surface area contributed by atoms with Crippen LogP contribution in [0.15, 0.2) is 47.5 Å². The number of halogens is 1. The van der Waals surface area contributed by atoms with Gasteiger partial charge in [0.05, 0.1) is 5.60 Å². The fraction of sp³-hybridized carbons (Fsp3) is 0.559. The second kappa shape index (κ2) is 12.6. The van der Waals surface area contributed by atoms with E-state index >= 15 is 0 Å². The molecule has 0 unspecified atom stereocenters. The van der Waals surface area contributed by atoms with Crippen LogP contribution < -0.4 is 10.2 Å². The number of fused-ring (bicyclic) bond motifs is 1. The van der Waals surface area contributed by atoms with Crippen molar-refractivity contribution in [1.82, 2.24) is 10.2 Å². The first kappa shape index (κ1) is 30.4. The molecule has 1 saturated carbocycles. The Balaban J connectivity index is 1.36. The van der Waals surface area contributed by atoms with Gasteiger partial charge < -0.3 is 15.3 Å². The summed E-state index contributed by atoms with van der Waals surface area (Å²) < 4.78 is 13.5. The molecule has 0 bridgehead atoms. The summed E-state index contributed by atoms with van der Waals surface area (Å²) >= 11 is 0. The van der Waals surface area contributed by atoms with Gasteiger partial charge in [-0.2, -0.15) is 4.99 Å². The van der Waals surface area contributed by atoms with Crippen LogP contribution in [-0.4, -0.2) is 58.4 Å². The van der Waals surface area contributed by atoms with Crippen molar-refractivity contribution in [2.24, 2.45) is 16.8 Å². The molecule has 226 valence electrons. The SMILES string of the molecule is CC(C)NC(=O)C1CCC(N2C(=NC(=O)c3ccc(F)cc3)Cc3ccc(CN4CCC(C(C)(C)O)CC4)cc32)CC1. The summed E-state index contributed by atoms with van der Waals surface area (Å²) in [5, 5.41) is 13.5. The number of nitrogens with one attached hydrogen (secondary N) is 1. The summed E-state index contributed by atoms with van der Waals surface area (Å²) in [7, 11) is 0. The largest absolute Gasteiger partial charge is 0.390 e. The number of aliphatic hydroxyl groups is 1. The number of rotatable bonds is 7. The van der Waals surface area contributed by atoms with Crippen LogP contribution in [0, 0.1) is 17.7 Å². The van der Waals surface area contributed by atoms with Crippen molar-refractivity contribution in [1.29, 1.82) is 0 Å². The summed E-state index contributed by atoms with van der Waals surface area (Å²) in [6.45, 7) is 10.5. The average molecular weight is 577 g/mol. The molecule has 0 atom stereocenters. The zero-order chi connectivity index (χ0) is 30.0. The summed E-state index contributed by atoms with van der Waals surface area (Å²) in [5.74, 6) is 0.412. The lowest BCUT2D eigenvalue weighted by atomic mass is 9.83. The van der Waals surface area contributed by atoms with Crippen LogP contribution in [-0.2, 0) is 17.8 Å². The summed E-state index contributed by atoms with van der Waals surface area (Å²) in [6.07, 6.45) is 5.80. The maximum absolute atomic E-state index is 13.5. The maximum Gasteiger partial charge on any atom is 0.278 e. The van der Waals surface area contributed by atoms with Crippen LogP contribution in [0.25, 0.3) is 0 Å². The molecule has 2 aromatic rings. The van der Waals surface area contributed by atoms with Gasteiger partial charge in [0.1, 0.15) is 11.7 Å². The van der Waals surface area contributed by atoms with Gasteiger partial charge >= 0.3 is 0 Å². The number of nitrogens with zero attached hydrogens (tertiary/aromatic N) is 3. The van der Waals surface area contributed by atoms with E-state index in [4.69, 9.17) is 0 Å². The molecule has 2 aliphatic heterocycles. The molecule has 0 radical (unpaired) electrons. The quantitative estimate of drug-likeness (QED) is 0.455. The first-order valence-corrected chi connectivity index (χ1v) is 15.5. The van der Waals surface area contributed by atoms with Gasteiger partial charge in [0.15, 0.2) is 0 Å². The Hall–Kier alpha value is -3.10. The van der Waals surface area contributed by atoms with Crippen molar-refractivity contribution in [3.8, 4) is 0 Å². The number of piperidine rings is 1. The van der Waals surface area contributed by atoms with E-state index in [0.717, 1.165) is 75.2 Å². The monoisotopic (exact) mass is 576 g/mol. The molecule has 2 aromatic carbocycles. The van der Waals surface area contributed by atoms with E-state index < -0.39 is 5.60 Å². The molecule has 0 aromatic heterocycles. The van der Waals surface area contributed by atoms with Crippen molar-refractivity contribution in [2.75, 3.05) is 18.0 Å². The molecule has 42 heavy (non-hydrogen) atoms. The van der Waals surface area contributed by atoms with Crippen molar-refractivity contribution >= 4 is 23.3 Å². The average Bonchev–Trinajstić information content (AvgIpc) is 3.30. The number of likely N-dealkylation sites (tertiary alicyclic amines) is 1. The smallest absolute Gasteiger partial charge is 0.278 e. The highest BCUT2D eigenvalue weighted by Crippen LogP contribution is 2.38. The molecule has 0 spiro atoms. The lowest BCUT2D eigenvalue weighted by Gasteiger charge is -2.38. The number of amides is 2. The molecule has 2 fully saturated rings. The van der Waals surface area contributed by atoms with E-state index in [-0.39, 0.29) is 35.6 Å². The molecule has 1 aliphatic carbocycles. The number of hydrogen-bond donors (Lipinski definition) is 2. The third-order valence-corrected chi connectivity index (χ3v) is 9.21. The van der Waals surface area contributed by atoms with Gasteiger partial charge in [-0.25, -0.2) is 4.39 Å². The van der Waals surface area contributed by atoms with E-state index in [1.54, 1.807) is 0 Å². The second-order valence-corrected chi connectivity index (χ2v) is 13.2. The highest BCUT2D eigenvalue weighted by molar-refractivity contribution is 6.12. The lowest BCUT2D eigenvalue weighted by Crippen LogP contribution is -2.44. The first-order valence-electron chi connectivity index (χ1n) is 15.5. The Bertz CT molecular complexity index is 1300. The number of anilines is 1. The van der Waals surface area contributed by atoms with Crippen LogP contribution in [0.1, 0.15) is 87.7 Å². The Kier molecular flexibility index (Phi) is 9.14. The van der Waals surface area contributed by atoms with Gasteiger partial charge in [0.2, 0.25) is 5.91 Å². The molecular weight excluding hydrogens is 531 g/mol. The van der Waals surface area contributed by atoms with Crippen molar-refractivity contribution in [3.05, 3.63) is 65.0 Å². The molecule has 5 rings (SSSR count). The van der Waals surface area contributed by atoms with Crippen molar-refractivity contribution in [3.63, 3.8) is 0 Å². The highest BCUT2D eigenvalue weighted by Gasteiger charge is 2.37. The molecule has 2 amide bonds. The van der Waals surface area contributed by atoms with E-state index in [1.165, 1.54) is 29.8 Å². The predicted molar refractivity (Wildman–Crippen MR) is 164 cm³/mol. The van der Waals surface area contributed by atoms with Gasteiger partial charge in [-0.15, -0.1) is 0 Å². The Labute approximate surface area is 249 Å². The normalized spacial score (nSPS) is 22.9.